The van der Waals surface area contributed by atoms with Gasteiger partial charge >= 0.3 is 0 Å². The fourth-order valence-corrected chi connectivity index (χ4v) is 2.48. The number of nitriles is 1. The molecule has 1 aliphatic rings. The van der Waals surface area contributed by atoms with Crippen molar-refractivity contribution in [2.45, 2.75) is 38.6 Å². The van der Waals surface area contributed by atoms with Gasteiger partial charge in [-0.15, -0.1) is 0 Å². The molecule has 0 saturated carbocycles. The average Bonchev–Trinajstić information content (AvgIpc) is 2.45. The summed E-state index contributed by atoms with van der Waals surface area (Å²) in [4.78, 5) is 10.7. The summed E-state index contributed by atoms with van der Waals surface area (Å²) in [7, 11) is 0. The first kappa shape index (κ1) is 13.8. The highest BCUT2D eigenvalue weighted by molar-refractivity contribution is 5.29. The molecule has 1 fully saturated rings. The molecule has 1 saturated heterocycles. The molecule has 0 aromatic carbocycles. The van der Waals surface area contributed by atoms with E-state index in [0.29, 0.717) is 17.7 Å². The topological polar surface area (TPSA) is 64.8 Å². The van der Waals surface area contributed by atoms with Crippen LogP contribution in [0.5, 0.6) is 0 Å². The molecular formula is C14H21N5. The molecule has 1 aromatic heterocycles. The second-order valence-electron chi connectivity index (χ2n) is 5.04. The molecule has 2 rings (SSSR count). The van der Waals surface area contributed by atoms with Crippen LogP contribution in [0.1, 0.15) is 38.3 Å². The summed E-state index contributed by atoms with van der Waals surface area (Å²) in [5.74, 6) is 0.547. The number of likely N-dealkylation sites (tertiary alicyclic amines) is 1. The van der Waals surface area contributed by atoms with E-state index < -0.39 is 0 Å². The Hall–Kier alpha value is -1.67. The third-order valence-corrected chi connectivity index (χ3v) is 3.62. The Balaban J connectivity index is 1.70. The van der Waals surface area contributed by atoms with E-state index >= 15 is 0 Å². The van der Waals surface area contributed by atoms with E-state index in [2.05, 4.69) is 27.1 Å². The third-order valence-electron chi connectivity index (χ3n) is 3.62. The molecule has 1 aromatic rings. The van der Waals surface area contributed by atoms with Gasteiger partial charge in [-0.1, -0.05) is 6.42 Å². The van der Waals surface area contributed by atoms with Crippen molar-refractivity contribution in [1.29, 1.82) is 5.26 Å². The molecular weight excluding hydrogens is 238 g/mol. The Kier molecular flexibility index (Phi) is 5.10. The molecule has 2 heterocycles. The van der Waals surface area contributed by atoms with E-state index in [1.54, 1.807) is 12.3 Å². The number of anilines is 1. The number of nitrogens with one attached hydrogen (secondary N) is 1. The molecule has 102 valence electrons. The van der Waals surface area contributed by atoms with Gasteiger partial charge in [0.2, 0.25) is 5.95 Å². The van der Waals surface area contributed by atoms with Crippen LogP contribution in [0, 0.1) is 11.3 Å². The molecule has 1 atom stereocenters. The van der Waals surface area contributed by atoms with Gasteiger partial charge in [0.1, 0.15) is 11.8 Å². The first-order valence-corrected chi connectivity index (χ1v) is 7.00. The van der Waals surface area contributed by atoms with E-state index in [-0.39, 0.29) is 0 Å². The van der Waals surface area contributed by atoms with Crippen LogP contribution in [-0.4, -0.2) is 40.5 Å². The zero-order valence-corrected chi connectivity index (χ0v) is 11.5. The Morgan fingerprint density at radius 2 is 2.42 bits per heavy atom. The van der Waals surface area contributed by atoms with Gasteiger partial charge in [-0.2, -0.15) is 5.26 Å². The number of rotatable bonds is 5. The number of aromatic nitrogens is 2. The van der Waals surface area contributed by atoms with Crippen LogP contribution in [0.3, 0.4) is 0 Å². The second-order valence-corrected chi connectivity index (χ2v) is 5.04. The summed E-state index contributed by atoms with van der Waals surface area (Å²) >= 11 is 0. The van der Waals surface area contributed by atoms with Crippen LogP contribution in [0.15, 0.2) is 12.3 Å². The molecule has 0 bridgehead atoms. The van der Waals surface area contributed by atoms with Crippen LogP contribution in [0.25, 0.3) is 0 Å². The summed E-state index contributed by atoms with van der Waals surface area (Å²) in [6.07, 6.45) is 6.70. The molecule has 0 amide bonds. The van der Waals surface area contributed by atoms with Crippen molar-refractivity contribution in [2.24, 2.45) is 0 Å². The Bertz CT molecular complexity index is 440. The standard InChI is InChI=1S/C14H21N5/c1-12-5-2-3-9-19(12)10-4-7-16-14-17-8-6-13(11-15)18-14/h6,8,12H,2-5,7,9-10H2,1H3,(H,16,17,18). The maximum absolute atomic E-state index is 8.76. The lowest BCUT2D eigenvalue weighted by Crippen LogP contribution is -2.38. The van der Waals surface area contributed by atoms with Crippen LogP contribution in [-0.2, 0) is 0 Å². The fourth-order valence-electron chi connectivity index (χ4n) is 2.48. The third kappa shape index (κ3) is 4.18. The monoisotopic (exact) mass is 259 g/mol. The lowest BCUT2D eigenvalue weighted by atomic mass is 10.0. The molecule has 0 radical (unpaired) electrons. The lowest BCUT2D eigenvalue weighted by Gasteiger charge is -2.33. The van der Waals surface area contributed by atoms with Crippen LogP contribution in [0.4, 0.5) is 5.95 Å². The maximum atomic E-state index is 8.76. The molecule has 19 heavy (non-hydrogen) atoms. The van der Waals surface area contributed by atoms with Gasteiger partial charge in [0.05, 0.1) is 0 Å². The first-order valence-electron chi connectivity index (χ1n) is 7.00. The SMILES string of the molecule is CC1CCCCN1CCCNc1nccc(C#N)n1. The predicted octanol–water partition coefficient (Wildman–Crippen LogP) is 2.02. The molecule has 5 nitrogen and oxygen atoms in total. The van der Waals surface area contributed by atoms with Gasteiger partial charge in [-0.3, -0.25) is 0 Å². The van der Waals surface area contributed by atoms with Crippen molar-refractivity contribution < 1.29 is 0 Å². The Labute approximate surface area is 114 Å². The van der Waals surface area contributed by atoms with Gasteiger partial charge in [0.15, 0.2) is 0 Å². The molecule has 0 spiro atoms. The highest BCUT2D eigenvalue weighted by atomic mass is 15.2. The molecule has 1 N–H and O–H groups in total. The Morgan fingerprint density at radius 3 is 3.21 bits per heavy atom. The zero-order chi connectivity index (χ0) is 13.5. The van der Waals surface area contributed by atoms with E-state index in [0.717, 1.165) is 19.5 Å². The zero-order valence-electron chi connectivity index (χ0n) is 11.5. The molecule has 5 heteroatoms. The van der Waals surface area contributed by atoms with Gasteiger partial charge < -0.3 is 10.2 Å². The normalized spacial score (nSPS) is 19.9. The van der Waals surface area contributed by atoms with E-state index in [4.69, 9.17) is 5.26 Å². The van der Waals surface area contributed by atoms with E-state index in [9.17, 15) is 0 Å². The summed E-state index contributed by atoms with van der Waals surface area (Å²) in [6.45, 7) is 5.50. The van der Waals surface area contributed by atoms with Gasteiger partial charge in [-0.05, 0) is 38.8 Å². The van der Waals surface area contributed by atoms with Crippen molar-refractivity contribution in [3.63, 3.8) is 0 Å². The van der Waals surface area contributed by atoms with Crippen molar-refractivity contribution >= 4 is 5.95 Å². The Morgan fingerprint density at radius 1 is 1.53 bits per heavy atom. The molecule has 1 aliphatic heterocycles. The fraction of sp³-hybridized carbons (Fsp3) is 0.643. The largest absolute Gasteiger partial charge is 0.354 e. The number of nitrogens with zero attached hydrogens (tertiary/aromatic N) is 4. The predicted molar refractivity (Wildman–Crippen MR) is 74.7 cm³/mol. The average molecular weight is 259 g/mol. The number of hydrogen-bond acceptors (Lipinski definition) is 5. The van der Waals surface area contributed by atoms with E-state index in [1.807, 2.05) is 6.07 Å². The highest BCUT2D eigenvalue weighted by Gasteiger charge is 2.16. The van der Waals surface area contributed by atoms with Crippen molar-refractivity contribution in [3.8, 4) is 6.07 Å². The smallest absolute Gasteiger partial charge is 0.223 e. The minimum atomic E-state index is 0.405. The summed E-state index contributed by atoms with van der Waals surface area (Å²) in [5, 5.41) is 11.9. The van der Waals surface area contributed by atoms with Crippen LogP contribution < -0.4 is 5.32 Å². The maximum Gasteiger partial charge on any atom is 0.223 e. The highest BCUT2D eigenvalue weighted by Crippen LogP contribution is 2.16. The number of piperidine rings is 1. The van der Waals surface area contributed by atoms with E-state index in [1.165, 1.54) is 25.8 Å². The van der Waals surface area contributed by atoms with Gasteiger partial charge in [0, 0.05) is 25.3 Å². The number of hydrogen-bond donors (Lipinski definition) is 1. The van der Waals surface area contributed by atoms with Crippen molar-refractivity contribution in [3.05, 3.63) is 18.0 Å². The van der Waals surface area contributed by atoms with Crippen molar-refractivity contribution in [1.82, 2.24) is 14.9 Å². The summed E-state index contributed by atoms with van der Waals surface area (Å²) < 4.78 is 0. The van der Waals surface area contributed by atoms with Crippen LogP contribution in [0.2, 0.25) is 0 Å². The minimum Gasteiger partial charge on any atom is -0.354 e. The summed E-state index contributed by atoms with van der Waals surface area (Å²) in [5.41, 5.74) is 0.405. The van der Waals surface area contributed by atoms with Gasteiger partial charge in [-0.25, -0.2) is 9.97 Å². The van der Waals surface area contributed by atoms with Gasteiger partial charge in [0.25, 0.3) is 0 Å². The van der Waals surface area contributed by atoms with Crippen LogP contribution >= 0.6 is 0 Å². The van der Waals surface area contributed by atoms with Crippen molar-refractivity contribution in [2.75, 3.05) is 25.0 Å². The molecule has 1 unspecified atom stereocenters. The first-order chi connectivity index (χ1) is 9.29. The molecule has 0 aliphatic carbocycles. The summed E-state index contributed by atoms with van der Waals surface area (Å²) in [6, 6.07) is 4.34. The minimum absolute atomic E-state index is 0.405. The quantitative estimate of drug-likeness (QED) is 0.820. The lowest BCUT2D eigenvalue weighted by molar-refractivity contribution is 0.160. The second kappa shape index (κ2) is 7.05.